The fraction of sp³-hybridized carbons (Fsp3) is 0.105. The maximum atomic E-state index is 12.2. The Labute approximate surface area is 171 Å². The number of rotatable bonds is 7. The van der Waals surface area contributed by atoms with Crippen molar-refractivity contribution in [3.05, 3.63) is 65.3 Å². The number of halogens is 1. The number of nitrogens with zero attached hydrogens (tertiary/aromatic N) is 3. The molecule has 2 heterocycles. The highest BCUT2D eigenvalue weighted by molar-refractivity contribution is 9.10. The molecule has 0 unspecified atom stereocenters. The molecule has 0 radical (unpaired) electrons. The van der Waals surface area contributed by atoms with Crippen LogP contribution in [0, 0.1) is 5.41 Å². The van der Waals surface area contributed by atoms with Crippen molar-refractivity contribution in [2.45, 2.75) is 4.90 Å². The summed E-state index contributed by atoms with van der Waals surface area (Å²) >= 11 is 3.43. The smallest absolute Gasteiger partial charge is 0.176 e. The second-order valence-electron chi connectivity index (χ2n) is 6.00. The van der Waals surface area contributed by atoms with E-state index >= 15 is 0 Å². The van der Waals surface area contributed by atoms with Gasteiger partial charge in [0.25, 0.3) is 0 Å². The van der Waals surface area contributed by atoms with Crippen molar-refractivity contribution in [2.75, 3.05) is 18.1 Å². The molecule has 9 heteroatoms. The lowest BCUT2D eigenvalue weighted by Crippen LogP contribution is -2.11. The van der Waals surface area contributed by atoms with E-state index in [4.69, 9.17) is 5.41 Å². The van der Waals surface area contributed by atoms with Gasteiger partial charge in [0, 0.05) is 30.6 Å². The van der Waals surface area contributed by atoms with Crippen LogP contribution >= 0.6 is 15.9 Å². The minimum Gasteiger partial charge on any atom is -0.366 e. The monoisotopic (exact) mass is 459 g/mol. The van der Waals surface area contributed by atoms with Crippen LogP contribution in [0.5, 0.6) is 0 Å². The van der Waals surface area contributed by atoms with Crippen LogP contribution in [0.15, 0.2) is 70.2 Å². The number of fused-ring (bicyclic) bond motifs is 1. The SMILES string of the molecule is C=C/C=C(\C=N)CNc1cc(-c2ccccc2S(C)(=O)=O)nc2c(Br)cnn12. The molecule has 3 aromatic rings. The first-order valence-corrected chi connectivity index (χ1v) is 10.9. The van der Waals surface area contributed by atoms with E-state index in [0.717, 1.165) is 5.57 Å². The molecule has 0 aliphatic rings. The predicted molar refractivity (Wildman–Crippen MR) is 115 cm³/mol. The van der Waals surface area contributed by atoms with Gasteiger partial charge in [0.1, 0.15) is 5.82 Å². The van der Waals surface area contributed by atoms with Crippen molar-refractivity contribution in [3.63, 3.8) is 0 Å². The molecule has 0 bridgehead atoms. The minimum absolute atomic E-state index is 0.208. The van der Waals surface area contributed by atoms with Gasteiger partial charge in [-0.05, 0) is 27.6 Å². The van der Waals surface area contributed by atoms with E-state index in [-0.39, 0.29) is 4.90 Å². The maximum absolute atomic E-state index is 12.2. The van der Waals surface area contributed by atoms with Crippen LogP contribution in [-0.2, 0) is 9.84 Å². The molecule has 0 aliphatic carbocycles. The molecule has 1 aromatic carbocycles. The van der Waals surface area contributed by atoms with Gasteiger partial charge in [0.15, 0.2) is 15.5 Å². The summed E-state index contributed by atoms with van der Waals surface area (Å²) < 4.78 is 26.7. The van der Waals surface area contributed by atoms with Gasteiger partial charge in [0.2, 0.25) is 0 Å². The average molecular weight is 460 g/mol. The highest BCUT2D eigenvalue weighted by Gasteiger charge is 2.18. The molecule has 2 N–H and O–H groups in total. The summed E-state index contributed by atoms with van der Waals surface area (Å²) in [5.41, 5.74) is 2.29. The van der Waals surface area contributed by atoms with Crippen LogP contribution in [0.2, 0.25) is 0 Å². The average Bonchev–Trinajstić information content (AvgIpc) is 3.05. The molecule has 0 atom stereocenters. The lowest BCUT2D eigenvalue weighted by Gasteiger charge is -2.13. The van der Waals surface area contributed by atoms with Gasteiger partial charge in [-0.1, -0.05) is 36.9 Å². The lowest BCUT2D eigenvalue weighted by atomic mass is 10.1. The van der Waals surface area contributed by atoms with E-state index < -0.39 is 9.84 Å². The zero-order chi connectivity index (χ0) is 20.3. The molecule has 0 saturated carbocycles. The summed E-state index contributed by atoms with van der Waals surface area (Å²) in [6.07, 6.45) is 7.39. The topological polar surface area (TPSA) is 100 Å². The molecule has 7 nitrogen and oxygen atoms in total. The van der Waals surface area contributed by atoms with Crippen molar-refractivity contribution in [1.29, 1.82) is 5.41 Å². The Hall–Kier alpha value is -2.78. The third kappa shape index (κ3) is 4.05. The first-order chi connectivity index (χ1) is 13.3. The number of hydrogen-bond donors (Lipinski definition) is 2. The first kappa shape index (κ1) is 20.0. The Bertz CT molecular complexity index is 1200. The summed E-state index contributed by atoms with van der Waals surface area (Å²) in [7, 11) is -3.43. The van der Waals surface area contributed by atoms with Crippen molar-refractivity contribution in [1.82, 2.24) is 14.6 Å². The number of hydrogen-bond acceptors (Lipinski definition) is 6. The molecule has 144 valence electrons. The first-order valence-electron chi connectivity index (χ1n) is 8.25. The second-order valence-corrected chi connectivity index (χ2v) is 8.84. The summed E-state index contributed by atoms with van der Waals surface area (Å²) in [6.45, 7) is 4.02. The molecule has 0 spiro atoms. The molecular formula is C19H18BrN5O2S. The van der Waals surface area contributed by atoms with Gasteiger partial charge >= 0.3 is 0 Å². The Morgan fingerprint density at radius 2 is 2.14 bits per heavy atom. The highest BCUT2D eigenvalue weighted by Crippen LogP contribution is 2.30. The minimum atomic E-state index is -3.43. The van der Waals surface area contributed by atoms with E-state index in [1.54, 1.807) is 53.2 Å². The third-order valence-electron chi connectivity index (χ3n) is 3.98. The number of sulfone groups is 1. The summed E-state index contributed by atoms with van der Waals surface area (Å²) in [5, 5.41) is 15.0. The van der Waals surface area contributed by atoms with Gasteiger partial charge in [0.05, 0.1) is 21.3 Å². The molecule has 0 fully saturated rings. The van der Waals surface area contributed by atoms with Gasteiger partial charge < -0.3 is 10.7 Å². The predicted octanol–water partition coefficient (Wildman–Crippen LogP) is 3.74. The third-order valence-corrected chi connectivity index (χ3v) is 5.70. The fourth-order valence-corrected chi connectivity index (χ4v) is 3.95. The number of anilines is 1. The second kappa shape index (κ2) is 8.07. The molecule has 0 saturated heterocycles. The molecule has 2 aromatic heterocycles. The van der Waals surface area contributed by atoms with Gasteiger partial charge in [-0.25, -0.2) is 13.4 Å². The lowest BCUT2D eigenvalue weighted by molar-refractivity contribution is 0.602. The van der Waals surface area contributed by atoms with Crippen molar-refractivity contribution in [2.24, 2.45) is 0 Å². The van der Waals surface area contributed by atoms with E-state index in [1.165, 1.54) is 12.5 Å². The van der Waals surface area contributed by atoms with Crippen molar-refractivity contribution >= 4 is 43.4 Å². The Balaban J connectivity index is 2.16. The molecule has 0 aliphatic heterocycles. The molecule has 0 amide bonds. The summed E-state index contributed by atoms with van der Waals surface area (Å²) in [5.74, 6) is 0.616. The summed E-state index contributed by atoms with van der Waals surface area (Å²) in [6, 6.07) is 8.49. The molecular weight excluding hydrogens is 442 g/mol. The van der Waals surface area contributed by atoms with Gasteiger partial charge in [-0.2, -0.15) is 9.61 Å². The van der Waals surface area contributed by atoms with Crippen LogP contribution in [0.1, 0.15) is 0 Å². The number of allylic oxidation sites excluding steroid dienone is 2. The molecule has 28 heavy (non-hydrogen) atoms. The Morgan fingerprint density at radius 1 is 1.39 bits per heavy atom. The van der Waals surface area contributed by atoms with E-state index in [9.17, 15) is 8.42 Å². The van der Waals surface area contributed by atoms with Crippen molar-refractivity contribution in [3.8, 4) is 11.3 Å². The van der Waals surface area contributed by atoms with Crippen LogP contribution in [0.25, 0.3) is 16.9 Å². The quantitative estimate of drug-likeness (QED) is 0.413. The number of aromatic nitrogens is 3. The van der Waals surface area contributed by atoms with Crippen LogP contribution in [0.3, 0.4) is 0 Å². The number of benzene rings is 1. The van der Waals surface area contributed by atoms with E-state index in [0.29, 0.717) is 33.7 Å². The fourth-order valence-electron chi connectivity index (χ4n) is 2.70. The zero-order valence-electron chi connectivity index (χ0n) is 15.1. The van der Waals surface area contributed by atoms with Gasteiger partial charge in [-0.3, -0.25) is 0 Å². The van der Waals surface area contributed by atoms with Crippen LogP contribution < -0.4 is 5.32 Å². The van der Waals surface area contributed by atoms with Crippen LogP contribution in [-0.4, -0.2) is 42.0 Å². The van der Waals surface area contributed by atoms with Crippen molar-refractivity contribution < 1.29 is 8.42 Å². The van der Waals surface area contributed by atoms with Gasteiger partial charge in [-0.15, -0.1) is 0 Å². The standard InChI is InChI=1S/C19H18BrN5O2S/c1-3-6-13(10-21)11-22-18-9-16(24-19-15(20)12-23-25(18)19)14-7-4-5-8-17(14)28(2,26)27/h3-10,12,21-22H,1,11H2,2H3/b13-6+,21-10?. The number of nitrogens with one attached hydrogen (secondary N) is 2. The van der Waals surface area contributed by atoms with E-state index in [1.807, 2.05) is 0 Å². The van der Waals surface area contributed by atoms with E-state index in [2.05, 4.69) is 37.9 Å². The zero-order valence-corrected chi connectivity index (χ0v) is 17.5. The largest absolute Gasteiger partial charge is 0.366 e. The summed E-state index contributed by atoms with van der Waals surface area (Å²) in [4.78, 5) is 4.81. The van der Waals surface area contributed by atoms with Crippen LogP contribution in [0.4, 0.5) is 5.82 Å². The Morgan fingerprint density at radius 3 is 2.82 bits per heavy atom. The molecule has 3 rings (SSSR count). The maximum Gasteiger partial charge on any atom is 0.176 e. The highest BCUT2D eigenvalue weighted by atomic mass is 79.9. The Kier molecular flexibility index (Phi) is 5.76. The normalized spacial score (nSPS) is 12.1.